The third-order valence-corrected chi connectivity index (χ3v) is 2.55. The Bertz CT molecular complexity index is 686. The zero-order valence-corrected chi connectivity index (χ0v) is 13.5. The number of hydrogen-bond acceptors (Lipinski definition) is 8. The van der Waals surface area contributed by atoms with Gasteiger partial charge in [-0.1, -0.05) is 0 Å². The van der Waals surface area contributed by atoms with Gasteiger partial charge in [-0.2, -0.15) is 0 Å². The van der Waals surface area contributed by atoms with Gasteiger partial charge in [0.25, 0.3) is 0 Å². The van der Waals surface area contributed by atoms with Crippen LogP contribution in [0, 0.1) is 0 Å². The maximum Gasteiger partial charge on any atom is 0.303 e. The van der Waals surface area contributed by atoms with Crippen LogP contribution >= 0.6 is 0 Å². The number of phenols is 4. The average molecular weight is 368 g/mol. The van der Waals surface area contributed by atoms with E-state index in [0.717, 1.165) is 0 Å². The molecule has 0 unspecified atom stereocenters. The summed E-state index contributed by atoms with van der Waals surface area (Å²) < 4.78 is 0. The highest BCUT2D eigenvalue weighted by molar-refractivity contribution is 5.75. The van der Waals surface area contributed by atoms with Crippen molar-refractivity contribution in [2.75, 3.05) is 11.5 Å². The third kappa shape index (κ3) is 10.0. The first-order valence-corrected chi connectivity index (χ1v) is 7.01. The lowest BCUT2D eigenvalue weighted by atomic mass is 10.3. The molecule has 10 N–H and O–H groups in total. The summed E-state index contributed by atoms with van der Waals surface area (Å²) in [5, 5.41) is 50.8. The molecule has 142 valence electrons. The summed E-state index contributed by atoms with van der Waals surface area (Å²) in [4.78, 5) is 19.3. The Kier molecular flexibility index (Phi) is 9.27. The summed E-state index contributed by atoms with van der Waals surface area (Å²) >= 11 is 0. The van der Waals surface area contributed by atoms with Crippen LogP contribution in [0.2, 0.25) is 0 Å². The smallest absolute Gasteiger partial charge is 0.303 e. The third-order valence-electron chi connectivity index (χ3n) is 2.55. The van der Waals surface area contributed by atoms with Crippen molar-refractivity contribution in [3.05, 3.63) is 36.4 Å². The fourth-order valence-corrected chi connectivity index (χ4v) is 1.29. The zero-order valence-electron chi connectivity index (χ0n) is 13.5. The van der Waals surface area contributed by atoms with Crippen molar-refractivity contribution in [2.24, 2.45) is 0 Å². The Morgan fingerprint density at radius 3 is 1.15 bits per heavy atom. The molecule has 0 aliphatic carbocycles. The molecule has 0 atom stereocenters. The minimum absolute atomic E-state index is 0.149. The van der Waals surface area contributed by atoms with Crippen LogP contribution in [0.25, 0.3) is 0 Å². The standard InChI is InChI=1S/2C6H7NO2.C4H6O4/c2*7-4-1-2-5(8)6(9)3-4;5-3(6)1-2-4(7)8/h2*1-3,8-9H,7H2;1-2H2,(H,5,6)(H,7,8). The van der Waals surface area contributed by atoms with Gasteiger partial charge in [-0.25, -0.2) is 0 Å². The first kappa shape index (κ1) is 22.2. The normalized spacial score (nSPS) is 9.08. The van der Waals surface area contributed by atoms with Gasteiger partial charge in [0.2, 0.25) is 0 Å². The molecule has 0 fully saturated rings. The van der Waals surface area contributed by atoms with Crippen LogP contribution in [0.15, 0.2) is 36.4 Å². The lowest BCUT2D eigenvalue weighted by Crippen LogP contribution is -2.00. The van der Waals surface area contributed by atoms with Crippen LogP contribution < -0.4 is 11.5 Å². The highest BCUT2D eigenvalue weighted by atomic mass is 16.4. The molecule has 0 amide bonds. The number of phenolic OH excluding ortho intramolecular Hbond substituents is 4. The van der Waals surface area contributed by atoms with Crippen LogP contribution in [0.1, 0.15) is 12.8 Å². The van der Waals surface area contributed by atoms with E-state index >= 15 is 0 Å². The Labute approximate surface area is 148 Å². The van der Waals surface area contributed by atoms with E-state index in [1.807, 2.05) is 0 Å². The number of nitrogens with two attached hydrogens (primary N) is 2. The monoisotopic (exact) mass is 368 g/mol. The average Bonchev–Trinajstić information content (AvgIpc) is 2.54. The van der Waals surface area contributed by atoms with Gasteiger partial charge >= 0.3 is 11.9 Å². The van der Waals surface area contributed by atoms with E-state index in [4.69, 9.17) is 42.1 Å². The molecule has 0 spiro atoms. The largest absolute Gasteiger partial charge is 0.504 e. The second kappa shape index (κ2) is 10.9. The molecule has 0 saturated heterocycles. The van der Waals surface area contributed by atoms with Crippen LogP contribution in [-0.2, 0) is 9.59 Å². The second-order valence-corrected chi connectivity index (χ2v) is 4.78. The van der Waals surface area contributed by atoms with Crippen LogP contribution in [-0.4, -0.2) is 42.6 Å². The van der Waals surface area contributed by atoms with Gasteiger partial charge in [0.05, 0.1) is 12.8 Å². The predicted molar refractivity (Wildman–Crippen MR) is 92.9 cm³/mol. The van der Waals surface area contributed by atoms with E-state index in [1.54, 1.807) is 0 Å². The minimum atomic E-state index is -1.08. The number of carboxylic acid groups (broad SMARTS) is 2. The number of aliphatic carboxylic acids is 2. The number of hydrogen-bond donors (Lipinski definition) is 8. The van der Waals surface area contributed by atoms with Crippen LogP contribution in [0.3, 0.4) is 0 Å². The van der Waals surface area contributed by atoms with E-state index in [1.165, 1.54) is 36.4 Å². The van der Waals surface area contributed by atoms with E-state index < -0.39 is 11.9 Å². The quantitative estimate of drug-likeness (QED) is 0.221. The van der Waals surface area contributed by atoms with Gasteiger partial charge in [-0.3, -0.25) is 9.59 Å². The van der Waals surface area contributed by atoms with Gasteiger partial charge in [0.15, 0.2) is 23.0 Å². The van der Waals surface area contributed by atoms with Crippen molar-refractivity contribution >= 4 is 23.3 Å². The summed E-state index contributed by atoms with van der Waals surface area (Å²) in [7, 11) is 0. The topological polar surface area (TPSA) is 208 Å². The van der Waals surface area contributed by atoms with Gasteiger partial charge in [-0.05, 0) is 24.3 Å². The Morgan fingerprint density at radius 2 is 0.962 bits per heavy atom. The molecule has 0 aromatic heterocycles. The van der Waals surface area contributed by atoms with Crippen molar-refractivity contribution in [1.29, 1.82) is 0 Å². The summed E-state index contributed by atoms with van der Waals surface area (Å²) in [5.74, 6) is -2.82. The predicted octanol–water partition coefficient (Wildman–Crippen LogP) is 1.30. The molecule has 0 saturated carbocycles. The number of aromatic hydroxyl groups is 4. The second-order valence-electron chi connectivity index (χ2n) is 4.78. The van der Waals surface area contributed by atoms with Gasteiger partial charge in [0, 0.05) is 23.5 Å². The molecular weight excluding hydrogens is 348 g/mol. The lowest BCUT2D eigenvalue weighted by Gasteiger charge is -1.95. The molecule has 26 heavy (non-hydrogen) atoms. The Balaban J connectivity index is 0.000000362. The van der Waals surface area contributed by atoms with E-state index in [2.05, 4.69) is 0 Å². The number of carboxylic acids is 2. The zero-order chi connectivity index (χ0) is 20.3. The highest BCUT2D eigenvalue weighted by Crippen LogP contribution is 2.26. The molecule has 10 heteroatoms. The van der Waals surface area contributed by atoms with Gasteiger partial charge in [0.1, 0.15) is 0 Å². The molecular formula is C16H20N2O8. The van der Waals surface area contributed by atoms with Gasteiger partial charge < -0.3 is 42.1 Å². The van der Waals surface area contributed by atoms with E-state index in [0.29, 0.717) is 11.4 Å². The summed E-state index contributed by atoms with van der Waals surface area (Å²) in [6, 6.07) is 8.27. The fourth-order valence-electron chi connectivity index (χ4n) is 1.29. The number of rotatable bonds is 3. The van der Waals surface area contributed by atoms with E-state index in [9.17, 15) is 9.59 Å². The molecule has 2 aromatic rings. The van der Waals surface area contributed by atoms with Crippen LogP contribution in [0.4, 0.5) is 11.4 Å². The van der Waals surface area contributed by atoms with Crippen molar-refractivity contribution in [3.63, 3.8) is 0 Å². The van der Waals surface area contributed by atoms with Crippen molar-refractivity contribution in [1.82, 2.24) is 0 Å². The molecule has 0 radical (unpaired) electrons. The molecule has 2 aromatic carbocycles. The van der Waals surface area contributed by atoms with Crippen molar-refractivity contribution in [3.8, 4) is 23.0 Å². The first-order chi connectivity index (χ1) is 12.0. The number of anilines is 2. The number of nitrogen functional groups attached to an aromatic ring is 2. The summed E-state index contributed by atoms with van der Waals surface area (Å²) in [5.41, 5.74) is 11.4. The number of carbonyl (C=O) groups is 2. The highest BCUT2D eigenvalue weighted by Gasteiger charge is 2.00. The van der Waals surface area contributed by atoms with E-state index in [-0.39, 0.29) is 35.8 Å². The first-order valence-electron chi connectivity index (χ1n) is 7.01. The number of benzene rings is 2. The molecule has 10 nitrogen and oxygen atoms in total. The molecule has 0 heterocycles. The Morgan fingerprint density at radius 1 is 0.654 bits per heavy atom. The molecule has 0 bridgehead atoms. The minimum Gasteiger partial charge on any atom is -0.504 e. The Hall–Kier alpha value is -3.82. The van der Waals surface area contributed by atoms with Crippen molar-refractivity contribution < 1.29 is 40.2 Å². The van der Waals surface area contributed by atoms with Crippen LogP contribution in [0.5, 0.6) is 23.0 Å². The lowest BCUT2D eigenvalue weighted by molar-refractivity contribution is -0.143. The van der Waals surface area contributed by atoms with Crippen molar-refractivity contribution in [2.45, 2.75) is 12.8 Å². The summed E-state index contributed by atoms with van der Waals surface area (Å²) in [6.07, 6.45) is -0.593. The van der Waals surface area contributed by atoms with Gasteiger partial charge in [-0.15, -0.1) is 0 Å². The molecule has 2 rings (SSSR count). The fraction of sp³-hybridized carbons (Fsp3) is 0.125. The molecule has 0 aliphatic heterocycles. The SMILES string of the molecule is Nc1ccc(O)c(O)c1.Nc1ccc(O)c(O)c1.O=C(O)CCC(=O)O. The maximum atomic E-state index is 9.64. The maximum absolute atomic E-state index is 9.64. The summed E-state index contributed by atoms with van der Waals surface area (Å²) in [6.45, 7) is 0. The molecule has 0 aliphatic rings.